The quantitative estimate of drug-likeness (QED) is 0.657. The van der Waals surface area contributed by atoms with Crippen molar-refractivity contribution in [1.29, 1.82) is 0 Å². The van der Waals surface area contributed by atoms with Gasteiger partial charge in [-0.2, -0.15) is 0 Å². The molecule has 0 spiro atoms. The molecule has 0 aliphatic carbocycles. The molecule has 1 N–H and O–H groups in total. The predicted octanol–water partition coefficient (Wildman–Crippen LogP) is -1.24. The lowest BCUT2D eigenvalue weighted by atomic mass is 10.2. The number of likely N-dealkylation sites (N-methyl/N-ethyl adjacent to an activating group) is 1. The molecule has 0 radical (unpaired) electrons. The summed E-state index contributed by atoms with van der Waals surface area (Å²) < 4.78 is 0. The third-order valence-electron chi connectivity index (χ3n) is 5.74. The summed E-state index contributed by atoms with van der Waals surface area (Å²) in [5, 5.41) is 3.43. The van der Waals surface area contributed by atoms with Crippen molar-refractivity contribution >= 4 is 0 Å². The predicted molar refractivity (Wildman–Crippen MR) is 96.1 cm³/mol. The lowest BCUT2D eigenvalue weighted by molar-refractivity contribution is 0.0940. The minimum absolute atomic E-state index is 1.17. The summed E-state index contributed by atoms with van der Waals surface area (Å²) in [7, 11) is 2.23. The summed E-state index contributed by atoms with van der Waals surface area (Å²) in [6.07, 6.45) is 0. The van der Waals surface area contributed by atoms with Crippen LogP contribution in [0.4, 0.5) is 0 Å². The number of rotatable bonds is 6. The maximum Gasteiger partial charge on any atom is 0.0110 e. The molecule has 6 heteroatoms. The lowest BCUT2D eigenvalue weighted by Gasteiger charge is -2.38. The normalized spacial score (nSPS) is 27.5. The second-order valence-corrected chi connectivity index (χ2v) is 7.42. The summed E-state index contributed by atoms with van der Waals surface area (Å²) >= 11 is 0. The van der Waals surface area contributed by atoms with Crippen molar-refractivity contribution in [3.05, 3.63) is 0 Å². The van der Waals surface area contributed by atoms with Gasteiger partial charge in [0.15, 0.2) is 0 Å². The van der Waals surface area contributed by atoms with Crippen LogP contribution in [-0.4, -0.2) is 136 Å². The molecule has 3 fully saturated rings. The monoisotopic (exact) mass is 324 g/mol. The molecular weight excluding hydrogens is 288 g/mol. The highest BCUT2D eigenvalue weighted by Gasteiger charge is 2.19. The van der Waals surface area contributed by atoms with Gasteiger partial charge in [0.25, 0.3) is 0 Å². The van der Waals surface area contributed by atoms with Crippen LogP contribution in [-0.2, 0) is 0 Å². The summed E-state index contributed by atoms with van der Waals surface area (Å²) in [6.45, 7) is 19.8. The largest absolute Gasteiger partial charge is 0.314 e. The van der Waals surface area contributed by atoms with Crippen molar-refractivity contribution in [1.82, 2.24) is 29.8 Å². The van der Waals surface area contributed by atoms with Crippen molar-refractivity contribution in [2.45, 2.75) is 0 Å². The molecule has 0 aromatic carbocycles. The molecule has 0 atom stereocenters. The van der Waals surface area contributed by atoms with Crippen molar-refractivity contribution in [3.8, 4) is 0 Å². The molecule has 6 nitrogen and oxygen atoms in total. The van der Waals surface area contributed by atoms with E-state index in [1.54, 1.807) is 0 Å². The van der Waals surface area contributed by atoms with Crippen molar-refractivity contribution in [3.63, 3.8) is 0 Å². The molecule has 0 unspecified atom stereocenters. The first-order chi connectivity index (χ1) is 11.3. The van der Waals surface area contributed by atoms with Gasteiger partial charge in [0.2, 0.25) is 0 Å². The number of nitrogens with one attached hydrogen (secondary N) is 1. The molecule has 0 bridgehead atoms. The van der Waals surface area contributed by atoms with Crippen LogP contribution in [0.15, 0.2) is 0 Å². The molecule has 134 valence electrons. The highest BCUT2D eigenvalue weighted by Crippen LogP contribution is 2.04. The fraction of sp³-hybridized carbons (Fsp3) is 1.00. The van der Waals surface area contributed by atoms with E-state index in [0.29, 0.717) is 0 Å². The Morgan fingerprint density at radius 1 is 0.522 bits per heavy atom. The highest BCUT2D eigenvalue weighted by molar-refractivity contribution is 4.76. The van der Waals surface area contributed by atoms with Crippen LogP contribution in [0.2, 0.25) is 0 Å². The Morgan fingerprint density at radius 2 is 0.870 bits per heavy atom. The Balaban J connectivity index is 1.25. The second-order valence-electron chi connectivity index (χ2n) is 7.42. The van der Waals surface area contributed by atoms with E-state index in [2.05, 4.69) is 36.9 Å². The van der Waals surface area contributed by atoms with Crippen LogP contribution < -0.4 is 5.32 Å². The maximum atomic E-state index is 3.43. The summed E-state index contributed by atoms with van der Waals surface area (Å²) in [5.41, 5.74) is 0. The molecule has 23 heavy (non-hydrogen) atoms. The van der Waals surface area contributed by atoms with Gasteiger partial charge in [-0.15, -0.1) is 0 Å². The van der Waals surface area contributed by atoms with Crippen molar-refractivity contribution < 1.29 is 0 Å². The molecular formula is C17H36N6. The van der Waals surface area contributed by atoms with Crippen LogP contribution in [0, 0.1) is 0 Å². The zero-order valence-electron chi connectivity index (χ0n) is 15.0. The van der Waals surface area contributed by atoms with E-state index in [9.17, 15) is 0 Å². The smallest absolute Gasteiger partial charge is 0.0110 e. The summed E-state index contributed by atoms with van der Waals surface area (Å²) in [5.74, 6) is 0. The lowest BCUT2D eigenvalue weighted by Crippen LogP contribution is -2.52. The minimum atomic E-state index is 1.17. The van der Waals surface area contributed by atoms with Crippen molar-refractivity contribution in [2.24, 2.45) is 0 Å². The average Bonchev–Trinajstić information content (AvgIpc) is 2.61. The van der Waals surface area contributed by atoms with Crippen LogP contribution in [0.5, 0.6) is 0 Å². The molecule has 3 aliphatic rings. The number of piperazine rings is 3. The number of nitrogens with zero attached hydrogens (tertiary/aromatic N) is 5. The van der Waals surface area contributed by atoms with Crippen LogP contribution in [0.1, 0.15) is 0 Å². The van der Waals surface area contributed by atoms with Gasteiger partial charge in [-0.25, -0.2) is 0 Å². The van der Waals surface area contributed by atoms with E-state index in [1.807, 2.05) is 0 Å². The van der Waals surface area contributed by atoms with Gasteiger partial charge in [-0.05, 0) is 7.05 Å². The van der Waals surface area contributed by atoms with Gasteiger partial charge in [-0.3, -0.25) is 19.6 Å². The Kier molecular flexibility index (Phi) is 7.11. The molecule has 3 aliphatic heterocycles. The minimum Gasteiger partial charge on any atom is -0.314 e. The van der Waals surface area contributed by atoms with Gasteiger partial charge in [0.05, 0.1) is 0 Å². The topological polar surface area (TPSA) is 28.2 Å². The SMILES string of the molecule is CN1CCN(CCN2CCN(CCN3CCNCC3)CC2)CC1. The second kappa shape index (κ2) is 9.30. The van der Waals surface area contributed by atoms with E-state index >= 15 is 0 Å². The Hall–Kier alpha value is -0.240. The highest BCUT2D eigenvalue weighted by atomic mass is 15.3. The number of hydrogen-bond donors (Lipinski definition) is 1. The van der Waals surface area contributed by atoms with Crippen LogP contribution >= 0.6 is 0 Å². The Labute approximate surface area is 142 Å². The van der Waals surface area contributed by atoms with Gasteiger partial charge < -0.3 is 10.2 Å². The Morgan fingerprint density at radius 3 is 1.30 bits per heavy atom. The van der Waals surface area contributed by atoms with E-state index in [-0.39, 0.29) is 0 Å². The molecule has 0 amide bonds. The maximum absolute atomic E-state index is 3.43. The first-order valence-corrected chi connectivity index (χ1v) is 9.58. The van der Waals surface area contributed by atoms with Gasteiger partial charge in [-0.1, -0.05) is 0 Å². The third kappa shape index (κ3) is 5.96. The molecule has 3 rings (SSSR count). The molecule has 3 saturated heterocycles. The zero-order valence-corrected chi connectivity index (χ0v) is 15.0. The Bertz CT molecular complexity index is 317. The van der Waals surface area contributed by atoms with E-state index in [0.717, 1.165) is 0 Å². The van der Waals surface area contributed by atoms with E-state index in [4.69, 9.17) is 0 Å². The average molecular weight is 325 g/mol. The third-order valence-corrected chi connectivity index (χ3v) is 5.74. The van der Waals surface area contributed by atoms with Crippen LogP contribution in [0.3, 0.4) is 0 Å². The van der Waals surface area contributed by atoms with Gasteiger partial charge >= 0.3 is 0 Å². The zero-order chi connectivity index (χ0) is 15.9. The fourth-order valence-electron chi connectivity index (χ4n) is 3.81. The summed E-state index contributed by atoms with van der Waals surface area (Å²) in [6, 6.07) is 0. The van der Waals surface area contributed by atoms with Gasteiger partial charge in [0.1, 0.15) is 0 Å². The van der Waals surface area contributed by atoms with Crippen LogP contribution in [0.25, 0.3) is 0 Å². The standard InChI is InChI=1S/C17H36N6/c1-19-6-8-21(9-7-19)12-13-23-16-14-22(15-17-23)11-10-20-4-2-18-3-5-20/h18H,2-17H2,1H3. The van der Waals surface area contributed by atoms with Gasteiger partial charge in [0, 0.05) is 105 Å². The molecule has 0 saturated carbocycles. The van der Waals surface area contributed by atoms with Crippen molar-refractivity contribution in [2.75, 3.05) is 112 Å². The summed E-state index contributed by atoms with van der Waals surface area (Å²) in [4.78, 5) is 13.0. The number of hydrogen-bond acceptors (Lipinski definition) is 6. The first kappa shape index (κ1) is 17.6. The molecule has 0 aromatic heterocycles. The van der Waals surface area contributed by atoms with E-state index in [1.165, 1.54) is 105 Å². The molecule has 0 aromatic rings. The molecule has 3 heterocycles. The first-order valence-electron chi connectivity index (χ1n) is 9.58. The fourth-order valence-corrected chi connectivity index (χ4v) is 3.81. The van der Waals surface area contributed by atoms with E-state index < -0.39 is 0 Å².